The second kappa shape index (κ2) is 11.5. The molecule has 0 aliphatic carbocycles. The van der Waals surface area contributed by atoms with E-state index in [4.69, 9.17) is 16.3 Å². The molecule has 172 valence electrons. The zero-order valence-electron chi connectivity index (χ0n) is 18.2. The minimum Gasteiger partial charge on any atom is -0.495 e. The van der Waals surface area contributed by atoms with Crippen LogP contribution in [0.15, 0.2) is 66.3 Å². The van der Waals surface area contributed by atoms with E-state index >= 15 is 0 Å². The van der Waals surface area contributed by atoms with Crippen molar-refractivity contribution in [2.75, 3.05) is 18.2 Å². The van der Waals surface area contributed by atoms with Crippen LogP contribution < -0.4 is 15.4 Å². The van der Waals surface area contributed by atoms with Gasteiger partial charge in [-0.05, 0) is 43.3 Å². The van der Waals surface area contributed by atoms with Gasteiger partial charge in [-0.3, -0.25) is 9.59 Å². The van der Waals surface area contributed by atoms with Crippen molar-refractivity contribution in [1.29, 1.82) is 0 Å². The lowest BCUT2D eigenvalue weighted by Crippen LogP contribution is -2.28. The molecular formula is C23H24ClN5O3S. The van der Waals surface area contributed by atoms with Gasteiger partial charge in [0.1, 0.15) is 5.75 Å². The number of benzene rings is 2. The summed E-state index contributed by atoms with van der Waals surface area (Å²) in [4.78, 5) is 25.0. The molecule has 1 aromatic heterocycles. The summed E-state index contributed by atoms with van der Waals surface area (Å²) in [6, 6.07) is 13.4. The van der Waals surface area contributed by atoms with Crippen LogP contribution in [0, 0.1) is 0 Å². The number of hydrogen-bond donors (Lipinski definition) is 2. The van der Waals surface area contributed by atoms with Crippen molar-refractivity contribution < 1.29 is 14.3 Å². The number of nitrogens with one attached hydrogen (secondary N) is 2. The predicted molar refractivity (Wildman–Crippen MR) is 130 cm³/mol. The molecule has 0 spiro atoms. The van der Waals surface area contributed by atoms with Gasteiger partial charge < -0.3 is 19.9 Å². The molecule has 0 unspecified atom stereocenters. The predicted octanol–water partition coefficient (Wildman–Crippen LogP) is 4.35. The smallest absolute Gasteiger partial charge is 0.251 e. The van der Waals surface area contributed by atoms with Crippen molar-refractivity contribution in [3.8, 4) is 5.75 Å². The normalized spacial score (nSPS) is 11.5. The Morgan fingerprint density at radius 1 is 1.21 bits per heavy atom. The molecule has 0 aliphatic rings. The van der Waals surface area contributed by atoms with E-state index in [2.05, 4.69) is 27.4 Å². The lowest BCUT2D eigenvalue weighted by Gasteiger charge is -2.15. The number of thioether (sulfide) groups is 1. The van der Waals surface area contributed by atoms with Gasteiger partial charge in [-0.2, -0.15) is 0 Å². The Kier molecular flexibility index (Phi) is 8.51. The number of hydrogen-bond acceptors (Lipinski definition) is 6. The minimum absolute atomic E-state index is 0.124. The zero-order valence-corrected chi connectivity index (χ0v) is 19.8. The number of halogens is 1. The number of anilines is 1. The molecule has 10 heteroatoms. The van der Waals surface area contributed by atoms with Crippen LogP contribution in [0.3, 0.4) is 0 Å². The molecule has 1 heterocycles. The number of aromatic nitrogens is 3. The summed E-state index contributed by atoms with van der Waals surface area (Å²) >= 11 is 7.13. The number of nitrogens with zero attached hydrogens (tertiary/aromatic N) is 3. The molecular weight excluding hydrogens is 462 g/mol. The second-order valence-electron chi connectivity index (χ2n) is 6.98. The van der Waals surface area contributed by atoms with E-state index < -0.39 is 6.04 Å². The Morgan fingerprint density at radius 3 is 2.64 bits per heavy atom. The van der Waals surface area contributed by atoms with E-state index in [9.17, 15) is 9.59 Å². The van der Waals surface area contributed by atoms with Crippen LogP contribution in [0.4, 0.5) is 5.69 Å². The van der Waals surface area contributed by atoms with Crippen molar-refractivity contribution in [1.82, 2.24) is 20.1 Å². The summed E-state index contributed by atoms with van der Waals surface area (Å²) in [5.41, 5.74) is 1.08. The minimum atomic E-state index is -0.419. The number of rotatable bonds is 10. The fourth-order valence-corrected chi connectivity index (χ4v) is 3.92. The van der Waals surface area contributed by atoms with Gasteiger partial charge in [0.05, 0.1) is 24.6 Å². The van der Waals surface area contributed by atoms with Crippen molar-refractivity contribution >= 4 is 40.9 Å². The third-order valence-corrected chi connectivity index (χ3v) is 5.83. The largest absolute Gasteiger partial charge is 0.495 e. The van der Waals surface area contributed by atoms with Crippen molar-refractivity contribution in [3.63, 3.8) is 0 Å². The van der Waals surface area contributed by atoms with Gasteiger partial charge in [-0.1, -0.05) is 41.6 Å². The van der Waals surface area contributed by atoms with E-state index in [1.165, 1.54) is 11.8 Å². The second-order valence-corrected chi connectivity index (χ2v) is 8.36. The first-order valence-electron chi connectivity index (χ1n) is 10.1. The average Bonchev–Trinajstić information content (AvgIpc) is 3.21. The Morgan fingerprint density at radius 2 is 1.94 bits per heavy atom. The highest BCUT2D eigenvalue weighted by molar-refractivity contribution is 7.99. The highest BCUT2D eigenvalue weighted by Crippen LogP contribution is 2.25. The van der Waals surface area contributed by atoms with Crippen LogP contribution in [-0.2, 0) is 11.3 Å². The number of carbonyl (C=O) groups is 2. The fourth-order valence-electron chi connectivity index (χ4n) is 3.04. The molecule has 2 aromatic carbocycles. The summed E-state index contributed by atoms with van der Waals surface area (Å²) in [5, 5.41) is 15.3. The Hall–Kier alpha value is -3.30. The Balaban J connectivity index is 1.67. The van der Waals surface area contributed by atoms with Gasteiger partial charge in [0, 0.05) is 17.1 Å². The van der Waals surface area contributed by atoms with E-state index in [-0.39, 0.29) is 17.6 Å². The first-order valence-corrected chi connectivity index (χ1v) is 11.5. The molecule has 2 amide bonds. The number of ether oxygens (including phenoxy) is 1. The molecule has 8 nitrogen and oxygen atoms in total. The van der Waals surface area contributed by atoms with Gasteiger partial charge >= 0.3 is 0 Å². The fraction of sp³-hybridized carbons (Fsp3) is 0.217. The summed E-state index contributed by atoms with van der Waals surface area (Å²) < 4.78 is 7.08. The maximum atomic E-state index is 12.6. The molecule has 1 atom stereocenters. The monoisotopic (exact) mass is 485 g/mol. The third-order valence-electron chi connectivity index (χ3n) is 4.61. The zero-order chi connectivity index (χ0) is 23.8. The summed E-state index contributed by atoms with van der Waals surface area (Å²) in [6.45, 7) is 6.04. The highest BCUT2D eigenvalue weighted by atomic mass is 35.5. The lowest BCUT2D eigenvalue weighted by molar-refractivity contribution is -0.113. The number of carbonyl (C=O) groups excluding carboxylic acids is 2. The number of methoxy groups -OCH3 is 1. The van der Waals surface area contributed by atoms with Gasteiger partial charge in [0.2, 0.25) is 5.91 Å². The van der Waals surface area contributed by atoms with Crippen LogP contribution in [0.5, 0.6) is 5.75 Å². The molecule has 0 radical (unpaired) electrons. The lowest BCUT2D eigenvalue weighted by atomic mass is 10.2. The van der Waals surface area contributed by atoms with Gasteiger partial charge in [-0.25, -0.2) is 0 Å². The van der Waals surface area contributed by atoms with Crippen LogP contribution in [-0.4, -0.2) is 39.4 Å². The third kappa shape index (κ3) is 6.36. The average molecular weight is 486 g/mol. The van der Waals surface area contributed by atoms with E-state index in [0.717, 1.165) is 0 Å². The molecule has 3 rings (SSSR count). The topological polar surface area (TPSA) is 98.1 Å². The van der Waals surface area contributed by atoms with E-state index in [1.807, 2.05) is 23.6 Å². The number of allylic oxidation sites excluding steroid dienone is 1. The molecule has 2 N–H and O–H groups in total. The standard InChI is InChI=1S/C23H24ClN5O3S/c1-4-13-29-21(15(2)25-22(31)16-9-11-17(24)12-10-16)27-28-23(29)33-14-20(30)26-18-7-5-6-8-19(18)32-3/h4-12,15H,1,13-14H2,2-3H3,(H,25,31)(H,26,30)/t15-/m0/s1. The van der Waals surface area contributed by atoms with Crippen LogP contribution in [0.2, 0.25) is 5.02 Å². The molecule has 0 fully saturated rings. The molecule has 0 saturated carbocycles. The molecule has 33 heavy (non-hydrogen) atoms. The molecule has 3 aromatic rings. The first-order chi connectivity index (χ1) is 15.9. The number of para-hydroxylation sites is 2. The Labute approximate surface area is 201 Å². The molecule has 0 bridgehead atoms. The highest BCUT2D eigenvalue weighted by Gasteiger charge is 2.20. The van der Waals surface area contributed by atoms with Crippen molar-refractivity contribution in [3.05, 3.63) is 77.6 Å². The van der Waals surface area contributed by atoms with Crippen molar-refractivity contribution in [2.24, 2.45) is 0 Å². The van der Waals surface area contributed by atoms with Gasteiger partial charge in [0.15, 0.2) is 11.0 Å². The SMILES string of the molecule is C=CCn1c(SCC(=O)Nc2ccccc2OC)nnc1[C@H](C)NC(=O)c1ccc(Cl)cc1. The van der Waals surface area contributed by atoms with Gasteiger partial charge in [-0.15, -0.1) is 16.8 Å². The summed E-state index contributed by atoms with van der Waals surface area (Å²) in [6.07, 6.45) is 1.71. The molecule has 0 saturated heterocycles. The maximum absolute atomic E-state index is 12.6. The quantitative estimate of drug-likeness (QED) is 0.327. The summed E-state index contributed by atoms with van der Waals surface area (Å²) in [7, 11) is 1.55. The van der Waals surface area contributed by atoms with E-state index in [0.29, 0.717) is 39.5 Å². The van der Waals surface area contributed by atoms with Crippen molar-refractivity contribution in [2.45, 2.75) is 24.7 Å². The van der Waals surface area contributed by atoms with E-state index in [1.54, 1.807) is 49.6 Å². The maximum Gasteiger partial charge on any atom is 0.251 e. The first kappa shape index (κ1) is 24.3. The molecule has 0 aliphatic heterocycles. The van der Waals surface area contributed by atoms with Crippen LogP contribution in [0.25, 0.3) is 0 Å². The van der Waals surface area contributed by atoms with Gasteiger partial charge in [0.25, 0.3) is 5.91 Å². The number of amides is 2. The summed E-state index contributed by atoms with van der Waals surface area (Å²) in [5.74, 6) is 0.808. The van der Waals surface area contributed by atoms with Crippen LogP contribution in [0.1, 0.15) is 29.1 Å². The van der Waals surface area contributed by atoms with Crippen LogP contribution >= 0.6 is 23.4 Å². The Bertz CT molecular complexity index is 1130.